The first-order valence-electron chi connectivity index (χ1n) is 7.24. The molecule has 0 unspecified atom stereocenters. The molecule has 0 bridgehead atoms. The number of carbonyl (C=O) groups excluding carboxylic acids is 1. The summed E-state index contributed by atoms with van der Waals surface area (Å²) >= 11 is 0. The summed E-state index contributed by atoms with van der Waals surface area (Å²) in [5.41, 5.74) is 9.27. The van der Waals surface area contributed by atoms with Crippen LogP contribution in [0.5, 0.6) is 0 Å². The molecule has 0 radical (unpaired) electrons. The lowest BCUT2D eigenvalue weighted by molar-refractivity contribution is 0.0299. The highest BCUT2D eigenvalue weighted by atomic mass is 16.5. The minimum atomic E-state index is -0.196. The molecule has 2 N–H and O–H groups in total. The number of hydrogen-bond donors (Lipinski definition) is 1. The molecule has 7 heteroatoms. The Hall–Kier alpha value is -2.41. The minimum absolute atomic E-state index is 0.196. The van der Waals surface area contributed by atoms with Gasteiger partial charge in [-0.3, -0.25) is 4.79 Å². The second-order valence-electron chi connectivity index (χ2n) is 5.38. The van der Waals surface area contributed by atoms with Gasteiger partial charge in [0.2, 0.25) is 0 Å². The first kappa shape index (κ1) is 14.5. The Morgan fingerprint density at radius 1 is 1.23 bits per heavy atom. The molecule has 0 aliphatic carbocycles. The van der Waals surface area contributed by atoms with Crippen molar-refractivity contribution in [2.24, 2.45) is 0 Å². The summed E-state index contributed by atoms with van der Waals surface area (Å²) in [4.78, 5) is 14.2. The van der Waals surface area contributed by atoms with E-state index >= 15 is 0 Å². The number of aromatic nitrogens is 3. The predicted molar refractivity (Wildman–Crippen MR) is 82.0 cm³/mol. The van der Waals surface area contributed by atoms with Gasteiger partial charge in [-0.25, -0.2) is 0 Å². The van der Waals surface area contributed by atoms with Gasteiger partial charge in [-0.1, -0.05) is 23.4 Å². The number of nitrogens with zero attached hydrogens (tertiary/aromatic N) is 4. The number of morpholine rings is 1. The molecule has 0 spiro atoms. The van der Waals surface area contributed by atoms with Crippen LogP contribution in [0.1, 0.15) is 21.6 Å². The van der Waals surface area contributed by atoms with Crippen LogP contribution in [0.4, 0.5) is 5.82 Å². The topological polar surface area (TPSA) is 86.3 Å². The van der Waals surface area contributed by atoms with Crippen LogP contribution in [-0.2, 0) is 4.74 Å². The Morgan fingerprint density at radius 2 is 1.86 bits per heavy atom. The van der Waals surface area contributed by atoms with Gasteiger partial charge >= 0.3 is 0 Å². The van der Waals surface area contributed by atoms with Crippen molar-refractivity contribution in [2.75, 3.05) is 32.0 Å². The number of nitrogen functional groups attached to an aromatic ring is 1. The van der Waals surface area contributed by atoms with E-state index in [-0.39, 0.29) is 17.4 Å². The number of ether oxygens (including phenoxy) is 1. The Balaban J connectivity index is 1.97. The van der Waals surface area contributed by atoms with E-state index < -0.39 is 0 Å². The summed E-state index contributed by atoms with van der Waals surface area (Å²) in [6, 6.07) is 5.93. The highest BCUT2D eigenvalue weighted by molar-refractivity contribution is 5.96. The van der Waals surface area contributed by atoms with E-state index in [0.29, 0.717) is 26.3 Å². The summed E-state index contributed by atoms with van der Waals surface area (Å²) in [5.74, 6) is 0.0761. The smallest absolute Gasteiger partial charge is 0.278 e. The van der Waals surface area contributed by atoms with E-state index in [1.54, 1.807) is 9.58 Å². The maximum atomic E-state index is 12.5. The van der Waals surface area contributed by atoms with Crippen LogP contribution < -0.4 is 5.73 Å². The summed E-state index contributed by atoms with van der Waals surface area (Å²) in [5, 5.41) is 8.09. The number of rotatable bonds is 2. The first-order chi connectivity index (χ1) is 10.6. The van der Waals surface area contributed by atoms with Crippen molar-refractivity contribution >= 4 is 11.7 Å². The van der Waals surface area contributed by atoms with Gasteiger partial charge in [0.1, 0.15) is 0 Å². The van der Waals surface area contributed by atoms with Crippen molar-refractivity contribution in [3.63, 3.8) is 0 Å². The molecule has 0 atom stereocenters. The fourth-order valence-corrected chi connectivity index (χ4v) is 2.66. The average Bonchev–Trinajstić information content (AvgIpc) is 2.89. The van der Waals surface area contributed by atoms with Crippen LogP contribution in [0.15, 0.2) is 18.2 Å². The number of anilines is 1. The number of hydrogen-bond acceptors (Lipinski definition) is 5. The predicted octanol–water partition coefficient (Wildman–Crippen LogP) is 0.939. The quantitative estimate of drug-likeness (QED) is 0.892. The number of amides is 1. The molecule has 116 valence electrons. The second-order valence-corrected chi connectivity index (χ2v) is 5.38. The van der Waals surface area contributed by atoms with Crippen LogP contribution in [0.3, 0.4) is 0 Å². The lowest BCUT2D eigenvalue weighted by Gasteiger charge is -2.26. The van der Waals surface area contributed by atoms with Crippen LogP contribution >= 0.6 is 0 Å². The Labute approximate surface area is 128 Å². The van der Waals surface area contributed by atoms with E-state index in [1.165, 1.54) is 0 Å². The third-order valence-corrected chi connectivity index (χ3v) is 3.86. The molecule has 1 aromatic carbocycles. The molecular weight excluding hydrogens is 282 g/mol. The standard InChI is InChI=1S/C15H19N5O2/c1-10-4-3-5-11(2)13(10)20-14(16)12(17-18-20)15(21)19-6-8-22-9-7-19/h3-5H,6-9,16H2,1-2H3. The lowest BCUT2D eigenvalue weighted by Crippen LogP contribution is -2.41. The molecule has 2 heterocycles. The van der Waals surface area contributed by atoms with Gasteiger partial charge in [0.15, 0.2) is 11.5 Å². The summed E-state index contributed by atoms with van der Waals surface area (Å²) in [7, 11) is 0. The molecule has 0 saturated carbocycles. The van der Waals surface area contributed by atoms with Crippen molar-refractivity contribution in [2.45, 2.75) is 13.8 Å². The van der Waals surface area contributed by atoms with Gasteiger partial charge in [-0.15, -0.1) is 5.10 Å². The maximum Gasteiger partial charge on any atom is 0.278 e. The second kappa shape index (κ2) is 5.76. The lowest BCUT2D eigenvalue weighted by atomic mass is 10.1. The van der Waals surface area contributed by atoms with Crippen molar-refractivity contribution < 1.29 is 9.53 Å². The zero-order valence-electron chi connectivity index (χ0n) is 12.7. The molecule has 1 saturated heterocycles. The number of aryl methyl sites for hydroxylation is 2. The van der Waals surface area contributed by atoms with Crippen molar-refractivity contribution in [3.8, 4) is 5.69 Å². The number of carbonyl (C=O) groups is 1. The van der Waals surface area contributed by atoms with Gasteiger partial charge in [0.25, 0.3) is 5.91 Å². The van der Waals surface area contributed by atoms with Crippen molar-refractivity contribution in [3.05, 3.63) is 35.0 Å². The summed E-state index contributed by atoms with van der Waals surface area (Å²) in [6.07, 6.45) is 0. The van der Waals surface area contributed by atoms with Gasteiger partial charge in [0, 0.05) is 13.1 Å². The largest absolute Gasteiger partial charge is 0.382 e. The normalized spacial score (nSPS) is 15.1. The number of benzene rings is 1. The number of para-hydroxylation sites is 1. The number of nitrogens with two attached hydrogens (primary N) is 1. The van der Waals surface area contributed by atoms with E-state index in [0.717, 1.165) is 16.8 Å². The fraction of sp³-hybridized carbons (Fsp3) is 0.400. The molecule has 1 aliphatic rings. The minimum Gasteiger partial charge on any atom is -0.382 e. The van der Waals surface area contributed by atoms with E-state index in [4.69, 9.17) is 10.5 Å². The molecule has 1 amide bonds. The first-order valence-corrected chi connectivity index (χ1v) is 7.24. The van der Waals surface area contributed by atoms with Crippen LogP contribution in [0.25, 0.3) is 5.69 Å². The van der Waals surface area contributed by atoms with Crippen molar-refractivity contribution in [1.29, 1.82) is 0 Å². The molecular formula is C15H19N5O2. The van der Waals surface area contributed by atoms with Crippen LogP contribution in [0.2, 0.25) is 0 Å². The third-order valence-electron chi connectivity index (χ3n) is 3.86. The Kier molecular flexibility index (Phi) is 3.81. The summed E-state index contributed by atoms with van der Waals surface area (Å²) < 4.78 is 6.80. The Bertz CT molecular complexity index is 684. The van der Waals surface area contributed by atoms with Gasteiger partial charge < -0.3 is 15.4 Å². The molecule has 1 aromatic heterocycles. The average molecular weight is 301 g/mol. The SMILES string of the molecule is Cc1cccc(C)c1-n1nnc(C(=O)N2CCOCC2)c1N. The monoisotopic (exact) mass is 301 g/mol. The highest BCUT2D eigenvalue weighted by Crippen LogP contribution is 2.22. The summed E-state index contributed by atoms with van der Waals surface area (Å²) in [6.45, 7) is 6.14. The van der Waals surface area contributed by atoms with E-state index in [9.17, 15) is 4.79 Å². The molecule has 1 aliphatic heterocycles. The van der Waals surface area contributed by atoms with Crippen LogP contribution in [-0.4, -0.2) is 52.1 Å². The molecule has 2 aromatic rings. The molecule has 22 heavy (non-hydrogen) atoms. The third kappa shape index (κ3) is 2.43. The molecule has 3 rings (SSSR count). The van der Waals surface area contributed by atoms with Gasteiger partial charge in [0.05, 0.1) is 18.9 Å². The highest BCUT2D eigenvalue weighted by Gasteiger charge is 2.25. The molecule has 7 nitrogen and oxygen atoms in total. The Morgan fingerprint density at radius 3 is 2.50 bits per heavy atom. The fourth-order valence-electron chi connectivity index (χ4n) is 2.66. The molecule has 1 fully saturated rings. The zero-order valence-corrected chi connectivity index (χ0v) is 12.7. The zero-order chi connectivity index (χ0) is 15.7. The van der Waals surface area contributed by atoms with Crippen LogP contribution in [0, 0.1) is 13.8 Å². The van der Waals surface area contributed by atoms with E-state index in [2.05, 4.69) is 10.3 Å². The van der Waals surface area contributed by atoms with Gasteiger partial charge in [-0.05, 0) is 25.0 Å². The van der Waals surface area contributed by atoms with Gasteiger partial charge in [-0.2, -0.15) is 4.68 Å². The van der Waals surface area contributed by atoms with E-state index in [1.807, 2.05) is 32.0 Å². The van der Waals surface area contributed by atoms with Crippen molar-refractivity contribution in [1.82, 2.24) is 19.9 Å². The maximum absolute atomic E-state index is 12.5.